The molecule has 1 aromatic rings. The van der Waals surface area contributed by atoms with Crippen molar-refractivity contribution in [3.05, 3.63) is 32.9 Å². The van der Waals surface area contributed by atoms with Gasteiger partial charge >= 0.3 is 0 Å². The average molecular weight is 417 g/mol. The van der Waals surface area contributed by atoms with Gasteiger partial charge in [-0.05, 0) is 54.6 Å². The van der Waals surface area contributed by atoms with Crippen molar-refractivity contribution in [1.82, 2.24) is 10.2 Å². The van der Waals surface area contributed by atoms with Crippen LogP contribution in [0.2, 0.25) is 0 Å². The molecule has 3 nitrogen and oxygen atoms in total. The van der Waals surface area contributed by atoms with Crippen molar-refractivity contribution in [3.8, 4) is 0 Å². The minimum Gasteiger partial charge on any atom is -0.338 e. The molecule has 112 valence electrons. The molecule has 1 fully saturated rings. The first-order valence-corrected chi connectivity index (χ1v) is 7.22. The maximum absolute atomic E-state index is 13.2. The molecule has 0 saturated carbocycles. The summed E-state index contributed by atoms with van der Waals surface area (Å²) in [6.45, 7) is 1.28. The Morgan fingerprint density at radius 1 is 1.30 bits per heavy atom. The van der Waals surface area contributed by atoms with Crippen LogP contribution in [0.15, 0.2) is 12.1 Å². The van der Waals surface area contributed by atoms with Gasteiger partial charge in [0.2, 0.25) is 0 Å². The van der Waals surface area contributed by atoms with E-state index >= 15 is 0 Å². The molecule has 0 bridgehead atoms. The zero-order valence-corrected chi connectivity index (χ0v) is 13.9. The lowest BCUT2D eigenvalue weighted by molar-refractivity contribution is 0.0705. The van der Waals surface area contributed by atoms with E-state index in [1.165, 1.54) is 0 Å². The molecule has 1 N–H and O–H groups in total. The van der Waals surface area contributed by atoms with Gasteiger partial charge in [0, 0.05) is 22.7 Å². The number of benzene rings is 1. The van der Waals surface area contributed by atoms with Crippen molar-refractivity contribution in [3.63, 3.8) is 0 Å². The van der Waals surface area contributed by atoms with Crippen LogP contribution >= 0.6 is 35.0 Å². The fraction of sp³-hybridized carbons (Fsp3) is 0.462. The van der Waals surface area contributed by atoms with Gasteiger partial charge in [-0.2, -0.15) is 0 Å². The maximum Gasteiger partial charge on any atom is 0.255 e. The summed E-state index contributed by atoms with van der Waals surface area (Å²) in [7, 11) is 1.90. The largest absolute Gasteiger partial charge is 0.338 e. The lowest BCUT2D eigenvalue weighted by Crippen LogP contribution is -2.44. The number of hydrogen-bond donors (Lipinski definition) is 1. The molecule has 2 rings (SSSR count). The quantitative estimate of drug-likeness (QED) is 0.594. The highest BCUT2D eigenvalue weighted by molar-refractivity contribution is 14.1. The van der Waals surface area contributed by atoms with E-state index in [9.17, 15) is 13.6 Å². The van der Waals surface area contributed by atoms with Crippen LogP contribution in [0.3, 0.4) is 0 Å². The number of piperidine rings is 1. The van der Waals surface area contributed by atoms with E-state index < -0.39 is 11.6 Å². The number of likely N-dealkylation sites (tertiary alicyclic amines) is 1. The van der Waals surface area contributed by atoms with Crippen molar-refractivity contribution in [2.75, 3.05) is 20.1 Å². The van der Waals surface area contributed by atoms with Crippen LogP contribution in [0.5, 0.6) is 0 Å². The Balaban J connectivity index is 0.00000200. The van der Waals surface area contributed by atoms with Crippen molar-refractivity contribution in [2.24, 2.45) is 0 Å². The van der Waals surface area contributed by atoms with E-state index in [1.54, 1.807) is 4.90 Å². The van der Waals surface area contributed by atoms with Crippen molar-refractivity contribution >= 4 is 40.9 Å². The van der Waals surface area contributed by atoms with Crippen molar-refractivity contribution in [2.45, 2.75) is 18.9 Å². The molecule has 20 heavy (non-hydrogen) atoms. The third-order valence-corrected chi connectivity index (χ3v) is 4.32. The van der Waals surface area contributed by atoms with Gasteiger partial charge in [-0.15, -0.1) is 12.4 Å². The highest BCUT2D eigenvalue weighted by Gasteiger charge is 2.24. The minimum atomic E-state index is -0.978. The van der Waals surface area contributed by atoms with E-state index in [-0.39, 0.29) is 23.9 Å². The summed E-state index contributed by atoms with van der Waals surface area (Å²) in [4.78, 5) is 14.0. The van der Waals surface area contributed by atoms with E-state index in [0.29, 0.717) is 22.7 Å². The van der Waals surface area contributed by atoms with Crippen LogP contribution in [-0.4, -0.2) is 37.0 Å². The molecule has 0 radical (unpaired) electrons. The topological polar surface area (TPSA) is 32.3 Å². The predicted octanol–water partition coefficient (Wildman–Crippen LogP) is 2.82. The van der Waals surface area contributed by atoms with Gasteiger partial charge < -0.3 is 10.2 Å². The maximum atomic E-state index is 13.2. The van der Waals surface area contributed by atoms with Crippen LogP contribution in [0.1, 0.15) is 23.2 Å². The zero-order chi connectivity index (χ0) is 14.0. The monoisotopic (exact) mass is 416 g/mol. The van der Waals surface area contributed by atoms with Gasteiger partial charge in [-0.3, -0.25) is 4.79 Å². The first-order valence-electron chi connectivity index (χ1n) is 6.14. The summed E-state index contributed by atoms with van der Waals surface area (Å²) in [5.41, 5.74) is 0.238. The standard InChI is InChI=1S/C13H15F2IN2O.ClH/c1-17-8-2-4-18(5-3-8)13(19)9-6-10(14)11(15)7-12(9)16;/h6-8,17H,2-5H2,1H3;1H. The summed E-state index contributed by atoms with van der Waals surface area (Å²) in [5.74, 6) is -2.12. The lowest BCUT2D eigenvalue weighted by Gasteiger charge is -2.32. The fourth-order valence-electron chi connectivity index (χ4n) is 2.23. The van der Waals surface area contributed by atoms with Crippen LogP contribution in [-0.2, 0) is 0 Å². The summed E-state index contributed by atoms with van der Waals surface area (Å²) >= 11 is 1.86. The number of carbonyl (C=O) groups is 1. The molecule has 1 aliphatic rings. The van der Waals surface area contributed by atoms with Gasteiger partial charge in [-0.25, -0.2) is 8.78 Å². The zero-order valence-electron chi connectivity index (χ0n) is 11.0. The highest BCUT2D eigenvalue weighted by atomic mass is 127. The number of nitrogens with zero attached hydrogens (tertiary/aromatic N) is 1. The number of halogens is 4. The Labute approximate surface area is 136 Å². The molecule has 1 aliphatic heterocycles. The van der Waals surface area contributed by atoms with Gasteiger partial charge in [0.1, 0.15) is 0 Å². The molecule has 7 heteroatoms. The molecule has 1 amide bonds. The average Bonchev–Trinajstić information content (AvgIpc) is 2.42. The van der Waals surface area contributed by atoms with Crippen LogP contribution < -0.4 is 5.32 Å². The van der Waals surface area contributed by atoms with Crippen molar-refractivity contribution < 1.29 is 13.6 Å². The molecular weight excluding hydrogens is 401 g/mol. The Bertz CT molecular complexity index is 494. The van der Waals surface area contributed by atoms with Gasteiger partial charge in [-0.1, -0.05) is 0 Å². The third kappa shape index (κ3) is 3.79. The second-order valence-electron chi connectivity index (χ2n) is 4.60. The second kappa shape index (κ2) is 7.51. The summed E-state index contributed by atoms with van der Waals surface area (Å²) in [5, 5.41) is 3.18. The Morgan fingerprint density at radius 2 is 1.85 bits per heavy atom. The van der Waals surface area contributed by atoms with Gasteiger partial charge in [0.25, 0.3) is 5.91 Å². The lowest BCUT2D eigenvalue weighted by atomic mass is 10.0. The third-order valence-electron chi connectivity index (χ3n) is 3.43. The van der Waals surface area contributed by atoms with Crippen LogP contribution in [0.4, 0.5) is 8.78 Å². The number of nitrogens with one attached hydrogen (secondary N) is 1. The molecule has 0 atom stereocenters. The summed E-state index contributed by atoms with van der Waals surface area (Å²) in [6.07, 6.45) is 1.75. The van der Waals surface area contributed by atoms with E-state index in [2.05, 4.69) is 5.32 Å². The first kappa shape index (κ1) is 17.6. The van der Waals surface area contributed by atoms with Crippen molar-refractivity contribution in [1.29, 1.82) is 0 Å². The minimum absolute atomic E-state index is 0. The van der Waals surface area contributed by atoms with Crippen LogP contribution in [0, 0.1) is 15.2 Å². The SMILES string of the molecule is CNC1CCN(C(=O)c2cc(F)c(F)cc2I)CC1.Cl. The van der Waals surface area contributed by atoms with Gasteiger partial charge in [0.05, 0.1) is 5.56 Å². The molecule has 1 aromatic carbocycles. The number of amides is 1. The Hall–Kier alpha value is -0.470. The predicted molar refractivity (Wildman–Crippen MR) is 84.3 cm³/mol. The summed E-state index contributed by atoms with van der Waals surface area (Å²) in [6, 6.07) is 2.47. The smallest absolute Gasteiger partial charge is 0.255 e. The first-order chi connectivity index (χ1) is 9.02. The number of carbonyl (C=O) groups excluding carboxylic acids is 1. The fourth-order valence-corrected chi connectivity index (χ4v) is 2.89. The highest BCUT2D eigenvalue weighted by Crippen LogP contribution is 2.21. The Morgan fingerprint density at radius 3 is 2.40 bits per heavy atom. The number of hydrogen-bond acceptors (Lipinski definition) is 2. The molecule has 0 spiro atoms. The molecule has 0 aliphatic carbocycles. The van der Waals surface area contributed by atoms with Crippen LogP contribution in [0.25, 0.3) is 0 Å². The second-order valence-corrected chi connectivity index (χ2v) is 5.76. The van der Waals surface area contributed by atoms with E-state index in [4.69, 9.17) is 0 Å². The van der Waals surface area contributed by atoms with E-state index in [1.807, 2.05) is 29.6 Å². The molecule has 1 heterocycles. The Kier molecular flexibility index (Phi) is 6.60. The molecule has 0 aromatic heterocycles. The normalized spacial score (nSPS) is 15.9. The molecule has 0 unspecified atom stereocenters. The molecular formula is C13H16ClF2IN2O. The van der Waals surface area contributed by atoms with E-state index in [0.717, 1.165) is 25.0 Å². The molecule has 1 saturated heterocycles. The van der Waals surface area contributed by atoms with Gasteiger partial charge in [0.15, 0.2) is 11.6 Å². The summed E-state index contributed by atoms with van der Waals surface area (Å²) < 4.78 is 26.7. The number of rotatable bonds is 2.